The summed E-state index contributed by atoms with van der Waals surface area (Å²) in [5, 5.41) is 3.81. The van der Waals surface area contributed by atoms with E-state index in [4.69, 9.17) is 0 Å². The van der Waals surface area contributed by atoms with Crippen LogP contribution in [-0.4, -0.2) is 10.8 Å². The van der Waals surface area contributed by atoms with Gasteiger partial charge in [-0.1, -0.05) is 25.2 Å². The molecule has 0 atom stereocenters. The first kappa shape index (κ1) is 13.2. The Balaban J connectivity index is 1.87. The first-order chi connectivity index (χ1) is 9.43. The van der Waals surface area contributed by atoms with Crippen LogP contribution in [0.15, 0.2) is 24.3 Å². The van der Waals surface area contributed by atoms with Gasteiger partial charge < -0.3 is 5.32 Å². The van der Waals surface area contributed by atoms with Crippen molar-refractivity contribution >= 4 is 27.9 Å². The molecule has 5 heteroatoms. The van der Waals surface area contributed by atoms with Gasteiger partial charge in [0, 0.05) is 12.1 Å². The maximum absolute atomic E-state index is 12.9. The Kier molecular flexibility index (Phi) is 3.09. The molecular formula is C15H15FN2OS. The van der Waals surface area contributed by atoms with Crippen LogP contribution < -0.4 is 5.32 Å². The SMILES string of the molecule is CC1(C)CC(=O)c2sc(Nc3ccc(F)cc3)nc2C1. The maximum atomic E-state index is 12.9. The summed E-state index contributed by atoms with van der Waals surface area (Å²) >= 11 is 1.38. The highest BCUT2D eigenvalue weighted by Gasteiger charge is 2.33. The molecule has 104 valence electrons. The molecule has 0 bridgehead atoms. The monoisotopic (exact) mass is 290 g/mol. The number of anilines is 2. The second-order valence-electron chi connectivity index (χ2n) is 5.87. The predicted octanol–water partition coefficient (Wildman–Crippen LogP) is 4.18. The van der Waals surface area contributed by atoms with Crippen molar-refractivity contribution in [2.75, 3.05) is 5.32 Å². The number of nitrogens with one attached hydrogen (secondary N) is 1. The predicted molar refractivity (Wildman–Crippen MR) is 78.2 cm³/mol. The molecule has 3 nitrogen and oxygen atoms in total. The van der Waals surface area contributed by atoms with Gasteiger partial charge in [-0.3, -0.25) is 4.79 Å². The number of carbonyl (C=O) groups is 1. The number of aromatic nitrogens is 1. The van der Waals surface area contributed by atoms with E-state index in [-0.39, 0.29) is 17.0 Å². The van der Waals surface area contributed by atoms with Gasteiger partial charge in [-0.15, -0.1) is 0 Å². The van der Waals surface area contributed by atoms with Gasteiger partial charge in [0.25, 0.3) is 0 Å². The Morgan fingerprint density at radius 3 is 2.65 bits per heavy atom. The van der Waals surface area contributed by atoms with Gasteiger partial charge in [0.15, 0.2) is 10.9 Å². The number of Topliss-reactive ketones (excluding diaryl/α,β-unsaturated/α-hetero) is 1. The summed E-state index contributed by atoms with van der Waals surface area (Å²) in [6, 6.07) is 6.09. The fourth-order valence-corrected chi connectivity index (χ4v) is 3.37. The molecule has 1 N–H and O–H groups in total. The summed E-state index contributed by atoms with van der Waals surface area (Å²) in [7, 11) is 0. The van der Waals surface area contributed by atoms with Crippen LogP contribution in [0.1, 0.15) is 35.6 Å². The van der Waals surface area contributed by atoms with Crippen molar-refractivity contribution in [3.05, 3.63) is 40.7 Å². The van der Waals surface area contributed by atoms with E-state index in [9.17, 15) is 9.18 Å². The molecule has 1 aliphatic carbocycles. The highest BCUT2D eigenvalue weighted by atomic mass is 32.1. The number of ketones is 1. The smallest absolute Gasteiger partial charge is 0.188 e. The average Bonchev–Trinajstić information content (AvgIpc) is 2.73. The molecule has 0 fully saturated rings. The number of halogens is 1. The zero-order chi connectivity index (χ0) is 14.3. The van der Waals surface area contributed by atoms with E-state index in [0.29, 0.717) is 11.6 Å². The summed E-state index contributed by atoms with van der Waals surface area (Å²) in [6.07, 6.45) is 1.38. The maximum Gasteiger partial charge on any atom is 0.188 e. The standard InChI is InChI=1S/C15H15FN2OS/c1-15(2)7-11-13(12(19)8-15)20-14(18-11)17-10-5-3-9(16)4-6-10/h3-6H,7-8H2,1-2H3,(H,17,18). The van der Waals surface area contributed by atoms with Crippen molar-refractivity contribution in [1.82, 2.24) is 4.98 Å². The third-order valence-corrected chi connectivity index (χ3v) is 4.39. The zero-order valence-electron chi connectivity index (χ0n) is 11.4. The summed E-state index contributed by atoms with van der Waals surface area (Å²) < 4.78 is 12.9. The van der Waals surface area contributed by atoms with E-state index in [0.717, 1.165) is 22.7 Å². The van der Waals surface area contributed by atoms with Gasteiger partial charge in [0.2, 0.25) is 0 Å². The minimum absolute atomic E-state index is 0.0225. The molecule has 0 saturated carbocycles. The fraction of sp³-hybridized carbons (Fsp3) is 0.333. The van der Waals surface area contributed by atoms with Gasteiger partial charge in [-0.25, -0.2) is 9.37 Å². The van der Waals surface area contributed by atoms with Crippen LogP contribution in [0.3, 0.4) is 0 Å². The highest BCUT2D eigenvalue weighted by molar-refractivity contribution is 7.17. The van der Waals surface area contributed by atoms with Crippen LogP contribution in [0.5, 0.6) is 0 Å². The minimum atomic E-state index is -0.272. The molecule has 20 heavy (non-hydrogen) atoms. The van der Waals surface area contributed by atoms with Crippen LogP contribution >= 0.6 is 11.3 Å². The quantitative estimate of drug-likeness (QED) is 0.902. The normalized spacial score (nSPS) is 16.9. The largest absolute Gasteiger partial charge is 0.332 e. The first-order valence-corrected chi connectivity index (χ1v) is 7.30. The van der Waals surface area contributed by atoms with Crippen molar-refractivity contribution < 1.29 is 9.18 Å². The zero-order valence-corrected chi connectivity index (χ0v) is 12.2. The molecule has 2 aromatic rings. The van der Waals surface area contributed by atoms with Crippen LogP contribution in [-0.2, 0) is 6.42 Å². The average molecular weight is 290 g/mol. The van der Waals surface area contributed by atoms with Gasteiger partial charge in [0.1, 0.15) is 5.82 Å². The molecule has 0 amide bonds. The Labute approximate surface area is 120 Å². The number of fused-ring (bicyclic) bond motifs is 1. The molecule has 0 aliphatic heterocycles. The molecule has 1 heterocycles. The molecule has 0 radical (unpaired) electrons. The molecule has 0 unspecified atom stereocenters. The Bertz CT molecular complexity index is 661. The second-order valence-corrected chi connectivity index (χ2v) is 6.87. The Morgan fingerprint density at radius 1 is 1.25 bits per heavy atom. The van der Waals surface area contributed by atoms with E-state index in [1.165, 1.54) is 23.5 Å². The van der Waals surface area contributed by atoms with Crippen molar-refractivity contribution in [2.45, 2.75) is 26.7 Å². The van der Waals surface area contributed by atoms with Crippen LogP contribution in [0.4, 0.5) is 15.2 Å². The van der Waals surface area contributed by atoms with E-state index >= 15 is 0 Å². The van der Waals surface area contributed by atoms with Crippen molar-refractivity contribution in [1.29, 1.82) is 0 Å². The van der Waals surface area contributed by atoms with Gasteiger partial charge in [-0.2, -0.15) is 0 Å². The second kappa shape index (κ2) is 4.66. The lowest BCUT2D eigenvalue weighted by atomic mass is 9.78. The lowest BCUT2D eigenvalue weighted by Crippen LogP contribution is -2.25. The number of carbonyl (C=O) groups excluding carboxylic acids is 1. The van der Waals surface area contributed by atoms with Gasteiger partial charge in [-0.05, 0) is 36.1 Å². The highest BCUT2D eigenvalue weighted by Crippen LogP contribution is 2.38. The number of rotatable bonds is 2. The molecular weight excluding hydrogens is 275 g/mol. The molecule has 0 spiro atoms. The molecule has 1 aromatic carbocycles. The lowest BCUT2D eigenvalue weighted by Gasteiger charge is -2.26. The summed E-state index contributed by atoms with van der Waals surface area (Å²) in [6.45, 7) is 4.17. The lowest BCUT2D eigenvalue weighted by molar-refractivity contribution is 0.0916. The Morgan fingerprint density at radius 2 is 1.95 bits per heavy atom. The fourth-order valence-electron chi connectivity index (χ4n) is 2.43. The Hall–Kier alpha value is -1.75. The topological polar surface area (TPSA) is 42.0 Å². The molecule has 1 aliphatic rings. The van der Waals surface area contributed by atoms with E-state index < -0.39 is 0 Å². The molecule has 0 saturated heterocycles. The number of hydrogen-bond donors (Lipinski definition) is 1. The number of nitrogens with zero attached hydrogens (tertiary/aromatic N) is 1. The minimum Gasteiger partial charge on any atom is -0.332 e. The summed E-state index contributed by atoms with van der Waals surface area (Å²) in [4.78, 5) is 17.4. The van der Waals surface area contributed by atoms with Crippen LogP contribution in [0.2, 0.25) is 0 Å². The van der Waals surface area contributed by atoms with E-state index in [1.807, 2.05) is 0 Å². The molecule has 3 rings (SSSR count). The van der Waals surface area contributed by atoms with E-state index in [2.05, 4.69) is 24.1 Å². The van der Waals surface area contributed by atoms with Crippen LogP contribution in [0.25, 0.3) is 0 Å². The van der Waals surface area contributed by atoms with E-state index in [1.54, 1.807) is 12.1 Å². The number of hydrogen-bond acceptors (Lipinski definition) is 4. The van der Waals surface area contributed by atoms with Gasteiger partial charge >= 0.3 is 0 Å². The third kappa shape index (κ3) is 2.58. The van der Waals surface area contributed by atoms with Crippen LogP contribution in [0, 0.1) is 11.2 Å². The first-order valence-electron chi connectivity index (χ1n) is 6.48. The van der Waals surface area contributed by atoms with Crippen molar-refractivity contribution in [2.24, 2.45) is 5.41 Å². The summed E-state index contributed by atoms with van der Waals surface area (Å²) in [5.41, 5.74) is 1.62. The number of benzene rings is 1. The number of thiazole rings is 1. The van der Waals surface area contributed by atoms with Crippen molar-refractivity contribution in [3.8, 4) is 0 Å². The molecule has 1 aromatic heterocycles. The summed E-state index contributed by atoms with van der Waals surface area (Å²) in [5.74, 6) is -0.105. The van der Waals surface area contributed by atoms with Gasteiger partial charge in [0.05, 0.1) is 10.6 Å². The third-order valence-electron chi connectivity index (χ3n) is 3.33. The van der Waals surface area contributed by atoms with Crippen molar-refractivity contribution in [3.63, 3.8) is 0 Å².